The predicted octanol–water partition coefficient (Wildman–Crippen LogP) is 18.2. The highest BCUT2D eigenvalue weighted by Gasteiger charge is 2.37. The van der Waals surface area contributed by atoms with E-state index in [4.69, 9.17) is 25.4 Å². The molecule has 10 aromatic rings. The van der Waals surface area contributed by atoms with Gasteiger partial charge in [-0.25, -0.2) is 0 Å². The standard InChI is InChI=1S/C10H8N2O5.C10H9NO3.C10H7NO3.C10H9NO2.C10H10O.C10H8O.C10H8.4CH4.HNO3.HNO2/c13-11(14)9-6-5-7-3-1-2-4-8(7)10(9)17-12(15)16;12-11(13)14-10-7-3-5-8-4-1-2-6-9(8)10;12-10-8-4-2-1-3-7(8)5-6-9(10)11(13)14;12-11(13)10-6-5-8-3-1-2-4-9(8)7-10;2*11-10-7-3-5-8-4-1-2-6-9(8)10;1-2-6-10-8-4-3-7-9(10)5-1;;;;;2-1(3)4;2-1-3/h1-6,9-10H;1-6,10H,7H2;1-6,12H;1-6,10H,7H2;1-6,10-11H,7H2;1-7,11H;1-8H;4*1H4;(H,2,3,4);(H,2,3). The molecule has 0 saturated heterocycles. The molecule has 0 fully saturated rings. The first-order chi connectivity index (χ1) is 46.7. The van der Waals surface area contributed by atoms with Crippen LogP contribution in [0.15, 0.2) is 254 Å². The van der Waals surface area contributed by atoms with Gasteiger partial charge in [0.2, 0.25) is 17.9 Å². The number of aromatic hydroxyl groups is 2. The van der Waals surface area contributed by atoms with Gasteiger partial charge in [0.15, 0.2) is 5.34 Å². The molecule has 528 valence electrons. The third-order valence-corrected chi connectivity index (χ3v) is 14.5. The van der Waals surface area contributed by atoms with Gasteiger partial charge in [-0.15, -0.1) is 35.3 Å². The van der Waals surface area contributed by atoms with E-state index in [1.54, 1.807) is 66.7 Å². The maximum absolute atomic E-state index is 10.8. The van der Waals surface area contributed by atoms with Gasteiger partial charge in [0.05, 0.1) is 11.0 Å². The van der Waals surface area contributed by atoms with Gasteiger partial charge in [0.25, 0.3) is 21.3 Å². The SMILES string of the molecule is C.C.C.C.O=NO.O=[N+]([O-])C1C=Cc2ccccc2C1.O=[N+]([O-])O.O=[N+]([O-])OC1CC=Cc2ccccc21.O=[N+]([O-])OC1c2ccccc2C=CC1[N+](=O)[O-].O=[N+]([O-])c1ccc2ccccc2c1O.OC1CC=Cc2ccccc21.Oc1cccc2ccccc12.c1ccc2ccccc2c1. The lowest BCUT2D eigenvalue weighted by Gasteiger charge is -2.22. The average molecular weight is 1380 g/mol. The smallest absolute Gasteiger partial charge is 0.311 e. The number of phenols is 2. The number of nitrogens with zero attached hydrogens (tertiary/aromatic N) is 7. The van der Waals surface area contributed by atoms with Gasteiger partial charge in [0, 0.05) is 33.1 Å². The fourth-order valence-corrected chi connectivity index (χ4v) is 10.1. The molecule has 0 amide bonds. The van der Waals surface area contributed by atoms with Crippen LogP contribution in [-0.2, 0) is 16.1 Å². The summed E-state index contributed by atoms with van der Waals surface area (Å²) in [7, 11) is 0. The van der Waals surface area contributed by atoms with Crippen LogP contribution in [0.4, 0.5) is 5.69 Å². The number of hydrogen-bond acceptors (Lipinski definition) is 19. The summed E-state index contributed by atoms with van der Waals surface area (Å²) in [6.45, 7) is 0. The summed E-state index contributed by atoms with van der Waals surface area (Å²) in [5.41, 5.74) is 7.11. The van der Waals surface area contributed by atoms with Crippen molar-refractivity contribution in [1.82, 2.24) is 0 Å². The lowest BCUT2D eigenvalue weighted by molar-refractivity contribution is -0.779. The van der Waals surface area contributed by atoms with Crippen molar-refractivity contribution in [2.75, 3.05) is 0 Å². The molecule has 14 rings (SSSR count). The first-order valence-electron chi connectivity index (χ1n) is 29.1. The van der Waals surface area contributed by atoms with Gasteiger partial charge >= 0.3 is 5.69 Å². The van der Waals surface area contributed by atoms with Gasteiger partial charge < -0.3 is 30.6 Å². The van der Waals surface area contributed by atoms with E-state index >= 15 is 0 Å². The molecule has 0 radical (unpaired) electrons. The molecule has 4 aliphatic carbocycles. The van der Waals surface area contributed by atoms with Crippen LogP contribution in [0.25, 0.3) is 56.6 Å². The Morgan fingerprint density at radius 3 is 1.36 bits per heavy atom. The van der Waals surface area contributed by atoms with E-state index in [2.05, 4.69) is 64.3 Å². The van der Waals surface area contributed by atoms with Crippen molar-refractivity contribution in [3.05, 3.63) is 359 Å². The van der Waals surface area contributed by atoms with E-state index < -0.39 is 49.4 Å². The Morgan fingerprint density at radius 2 is 0.851 bits per heavy atom. The Morgan fingerprint density at radius 1 is 0.436 bits per heavy atom. The van der Waals surface area contributed by atoms with Gasteiger partial charge in [-0.3, -0.25) is 35.2 Å². The number of fused-ring (bicyclic) bond motifs is 7. The molecule has 27 nitrogen and oxygen atoms in total. The van der Waals surface area contributed by atoms with Crippen LogP contribution in [0, 0.1) is 65.6 Å². The molecular formula is C74H77N7O20. The zero-order chi connectivity index (χ0) is 70.2. The van der Waals surface area contributed by atoms with E-state index in [0.29, 0.717) is 35.1 Å². The van der Waals surface area contributed by atoms with Crippen molar-refractivity contribution in [2.45, 2.75) is 79.4 Å². The molecule has 0 aliphatic heterocycles. The molecule has 0 spiro atoms. The first-order valence-corrected chi connectivity index (χ1v) is 29.1. The third kappa shape index (κ3) is 25.7. The van der Waals surface area contributed by atoms with Crippen molar-refractivity contribution in [1.29, 1.82) is 0 Å². The van der Waals surface area contributed by atoms with Crippen molar-refractivity contribution in [2.24, 2.45) is 5.34 Å². The van der Waals surface area contributed by atoms with Crippen molar-refractivity contribution >= 4 is 62.3 Å². The number of aliphatic hydroxyl groups excluding tert-OH is 1. The number of rotatable bonds is 7. The normalized spacial score (nSPS) is 15.0. The predicted molar refractivity (Wildman–Crippen MR) is 388 cm³/mol. The molecule has 0 heterocycles. The lowest BCUT2D eigenvalue weighted by atomic mass is 9.92. The molecule has 0 aromatic heterocycles. The Labute approximate surface area is 580 Å². The van der Waals surface area contributed by atoms with E-state index in [0.717, 1.165) is 56.0 Å². The van der Waals surface area contributed by atoms with Gasteiger partial charge in [-0.1, -0.05) is 272 Å². The second-order valence-corrected chi connectivity index (χ2v) is 20.6. The summed E-state index contributed by atoms with van der Waals surface area (Å²) in [6, 6.07) is 68.1. The minimum absolute atomic E-state index is 0. The second-order valence-electron chi connectivity index (χ2n) is 20.6. The van der Waals surface area contributed by atoms with Crippen LogP contribution in [-0.4, -0.2) is 67.8 Å². The quantitative estimate of drug-likeness (QED) is 0.0562. The van der Waals surface area contributed by atoms with Gasteiger partial charge in [-0.05, 0) is 103 Å². The average Bonchev–Trinajstić information content (AvgIpc) is 0.807. The number of phenolic OH excluding ortho intramolecular Hbond substituents is 2. The largest absolute Gasteiger partial charge is 0.507 e. The highest BCUT2D eigenvalue weighted by Crippen LogP contribution is 2.35. The summed E-state index contributed by atoms with van der Waals surface area (Å²) < 4.78 is 0. The van der Waals surface area contributed by atoms with Crippen LogP contribution >= 0.6 is 0 Å². The van der Waals surface area contributed by atoms with E-state index in [9.17, 15) is 65.9 Å². The molecule has 27 heteroatoms. The second kappa shape index (κ2) is 43.0. The molecule has 5 N–H and O–H groups in total. The van der Waals surface area contributed by atoms with Gasteiger partial charge in [0.1, 0.15) is 11.9 Å². The highest BCUT2D eigenvalue weighted by atomic mass is 17.0. The molecular weight excluding hydrogens is 1310 g/mol. The van der Waals surface area contributed by atoms with Gasteiger partial charge in [-0.2, -0.15) is 0 Å². The number of hydrogen-bond donors (Lipinski definition) is 5. The monoisotopic (exact) mass is 1380 g/mol. The summed E-state index contributed by atoms with van der Waals surface area (Å²) in [5.74, 6) is 0.0798. The minimum atomic E-state index is -1.50. The minimum Gasteiger partial charge on any atom is -0.507 e. The summed E-state index contributed by atoms with van der Waals surface area (Å²) >= 11 is 0. The molecule has 5 atom stereocenters. The summed E-state index contributed by atoms with van der Waals surface area (Å²) in [6.07, 6.45) is 14.1. The Hall–Kier alpha value is -13.3. The lowest BCUT2D eigenvalue weighted by Crippen LogP contribution is -2.31. The number of nitro groups is 3. The topological polar surface area (TPSA) is 408 Å². The van der Waals surface area contributed by atoms with Crippen molar-refractivity contribution < 1.29 is 65.4 Å². The fourth-order valence-electron chi connectivity index (χ4n) is 10.1. The van der Waals surface area contributed by atoms with Crippen LogP contribution in [0.3, 0.4) is 0 Å². The fraction of sp³-hybridized carbons (Fsp3) is 0.162. The molecule has 0 saturated carbocycles. The van der Waals surface area contributed by atoms with Crippen LogP contribution in [0.2, 0.25) is 0 Å². The number of aliphatic hydroxyl groups is 1. The van der Waals surface area contributed by atoms with E-state index in [-0.39, 0.29) is 52.2 Å². The maximum Gasteiger partial charge on any atom is 0.311 e. The molecule has 5 unspecified atom stereocenters. The zero-order valence-electron chi connectivity index (χ0n) is 51.0. The van der Waals surface area contributed by atoms with Crippen LogP contribution < -0.4 is 0 Å². The maximum atomic E-state index is 10.8. The zero-order valence-corrected chi connectivity index (χ0v) is 51.0. The summed E-state index contributed by atoms with van der Waals surface area (Å²) in [4.78, 5) is 76.5. The third-order valence-electron chi connectivity index (χ3n) is 14.5. The van der Waals surface area contributed by atoms with Crippen LogP contribution in [0.1, 0.15) is 105 Å². The summed E-state index contributed by atoms with van der Waals surface area (Å²) in [5, 5.41) is 107. The Bertz CT molecular complexity index is 4420. The Kier molecular flexibility index (Phi) is 35.7. The van der Waals surface area contributed by atoms with E-state index in [1.807, 2.05) is 140 Å². The van der Waals surface area contributed by atoms with Crippen molar-refractivity contribution in [3.63, 3.8) is 0 Å². The molecule has 10 aromatic carbocycles. The molecule has 4 aliphatic rings. The number of benzene rings is 10. The highest BCUT2D eigenvalue weighted by molar-refractivity contribution is 5.91. The number of nitro benzene ring substituents is 1. The van der Waals surface area contributed by atoms with E-state index in [1.165, 1.54) is 28.3 Å². The first kappa shape index (κ1) is 83.8. The molecule has 0 bridgehead atoms. The molecule has 101 heavy (non-hydrogen) atoms. The van der Waals surface area contributed by atoms with Crippen molar-refractivity contribution in [3.8, 4) is 11.5 Å². The Balaban J connectivity index is 0.000000393. The van der Waals surface area contributed by atoms with Crippen LogP contribution in [0.5, 0.6) is 11.5 Å².